The quantitative estimate of drug-likeness (QED) is 0.656. The van der Waals surface area contributed by atoms with Crippen LogP contribution in [0.4, 0.5) is 5.69 Å². The molecule has 1 fully saturated rings. The molecule has 1 aromatic carbocycles. The molecule has 4 heteroatoms. The third kappa shape index (κ3) is 2.29. The van der Waals surface area contributed by atoms with Gasteiger partial charge in [-0.15, -0.1) is 0 Å². The van der Waals surface area contributed by atoms with Crippen LogP contribution in [0, 0.1) is 5.41 Å². The van der Waals surface area contributed by atoms with Crippen LogP contribution >= 0.6 is 0 Å². The average Bonchev–Trinajstić information content (AvgIpc) is 3.09. The highest BCUT2D eigenvalue weighted by Crippen LogP contribution is 2.36. The Labute approximate surface area is 106 Å². The van der Waals surface area contributed by atoms with Gasteiger partial charge in [0.25, 0.3) is 5.91 Å². The summed E-state index contributed by atoms with van der Waals surface area (Å²) in [5.74, 6) is -0.558. The Morgan fingerprint density at radius 3 is 2.22 bits per heavy atom. The van der Waals surface area contributed by atoms with Gasteiger partial charge in [-0.1, -0.05) is 39.0 Å². The summed E-state index contributed by atoms with van der Waals surface area (Å²) in [5, 5.41) is 2.71. The van der Waals surface area contributed by atoms with Gasteiger partial charge in [0, 0.05) is 11.1 Å². The van der Waals surface area contributed by atoms with Crippen LogP contribution in [0.1, 0.15) is 20.8 Å². The van der Waals surface area contributed by atoms with Crippen molar-refractivity contribution in [2.24, 2.45) is 5.41 Å². The second-order valence-electron chi connectivity index (χ2n) is 5.51. The van der Waals surface area contributed by atoms with Crippen molar-refractivity contribution >= 4 is 17.4 Å². The standard InChI is InChI=1S/C14H17NO3/c1-13(2,3)11(16)14(9-18-14)12(17)15-10-7-5-4-6-8-10/h4-8H,9H2,1-3H3,(H,15,17)/t14-/m1/s1. The van der Waals surface area contributed by atoms with Gasteiger partial charge in [-0.05, 0) is 12.1 Å². The molecule has 1 N–H and O–H groups in total. The first-order valence-corrected chi connectivity index (χ1v) is 5.92. The van der Waals surface area contributed by atoms with Gasteiger partial charge >= 0.3 is 0 Å². The summed E-state index contributed by atoms with van der Waals surface area (Å²) in [6.45, 7) is 5.53. The number of para-hydroxylation sites is 1. The predicted octanol–water partition coefficient (Wildman–Crippen LogP) is 2.01. The first kappa shape index (κ1) is 12.8. The second-order valence-corrected chi connectivity index (χ2v) is 5.51. The van der Waals surface area contributed by atoms with Gasteiger partial charge in [0.2, 0.25) is 5.60 Å². The van der Waals surface area contributed by atoms with Gasteiger partial charge in [-0.3, -0.25) is 9.59 Å². The number of carbonyl (C=O) groups is 2. The topological polar surface area (TPSA) is 58.7 Å². The van der Waals surface area contributed by atoms with E-state index in [-0.39, 0.29) is 18.3 Å². The average molecular weight is 247 g/mol. The number of ketones is 1. The van der Waals surface area contributed by atoms with Crippen molar-refractivity contribution in [2.45, 2.75) is 26.4 Å². The van der Waals surface area contributed by atoms with Crippen LogP contribution < -0.4 is 5.32 Å². The molecule has 1 amide bonds. The first-order valence-electron chi connectivity index (χ1n) is 5.92. The van der Waals surface area contributed by atoms with Gasteiger partial charge in [-0.25, -0.2) is 0 Å². The zero-order chi connectivity index (χ0) is 13.4. The number of anilines is 1. The Morgan fingerprint density at radius 1 is 1.22 bits per heavy atom. The van der Waals surface area contributed by atoms with E-state index in [1.165, 1.54) is 0 Å². The number of hydrogen-bond acceptors (Lipinski definition) is 3. The molecule has 96 valence electrons. The predicted molar refractivity (Wildman–Crippen MR) is 68.2 cm³/mol. The van der Waals surface area contributed by atoms with E-state index in [1.807, 2.05) is 18.2 Å². The van der Waals surface area contributed by atoms with E-state index in [1.54, 1.807) is 32.9 Å². The van der Waals surface area contributed by atoms with Crippen molar-refractivity contribution in [1.82, 2.24) is 0 Å². The summed E-state index contributed by atoms with van der Waals surface area (Å²) in [6.07, 6.45) is 0. The van der Waals surface area contributed by atoms with Crippen LogP contribution in [0.2, 0.25) is 0 Å². The van der Waals surface area contributed by atoms with Gasteiger partial charge < -0.3 is 10.1 Å². The molecule has 1 aliphatic rings. The third-order valence-electron chi connectivity index (χ3n) is 2.88. The summed E-state index contributed by atoms with van der Waals surface area (Å²) in [6, 6.07) is 9.05. The maximum absolute atomic E-state index is 12.2. The number of nitrogens with one attached hydrogen (secondary N) is 1. The molecule has 0 aliphatic carbocycles. The summed E-state index contributed by atoms with van der Waals surface area (Å²) >= 11 is 0. The fourth-order valence-corrected chi connectivity index (χ4v) is 1.80. The lowest BCUT2D eigenvalue weighted by molar-refractivity contribution is -0.138. The number of rotatable bonds is 3. The van der Waals surface area contributed by atoms with Crippen LogP contribution in [0.5, 0.6) is 0 Å². The van der Waals surface area contributed by atoms with Gasteiger partial charge in [-0.2, -0.15) is 0 Å². The Hall–Kier alpha value is -1.68. The molecule has 0 bridgehead atoms. The monoisotopic (exact) mass is 247 g/mol. The second kappa shape index (κ2) is 4.21. The molecular weight excluding hydrogens is 230 g/mol. The molecule has 1 heterocycles. The van der Waals surface area contributed by atoms with E-state index in [2.05, 4.69) is 5.32 Å². The Morgan fingerprint density at radius 2 is 1.78 bits per heavy atom. The highest BCUT2D eigenvalue weighted by Gasteiger charge is 2.61. The number of epoxide rings is 1. The van der Waals surface area contributed by atoms with Gasteiger partial charge in [0.1, 0.15) is 0 Å². The van der Waals surface area contributed by atoms with E-state index in [9.17, 15) is 9.59 Å². The normalized spacial score (nSPS) is 22.4. The zero-order valence-electron chi connectivity index (χ0n) is 10.8. The van der Waals surface area contributed by atoms with E-state index in [0.29, 0.717) is 5.69 Å². The number of ether oxygens (including phenoxy) is 1. The minimum absolute atomic E-state index is 0.168. The van der Waals surface area contributed by atoms with Crippen LogP contribution in [-0.2, 0) is 14.3 Å². The minimum Gasteiger partial charge on any atom is -0.352 e. The number of Topliss-reactive ketones (excluding diaryl/α,β-unsaturated/α-hetero) is 1. The molecule has 18 heavy (non-hydrogen) atoms. The molecule has 0 aromatic heterocycles. The fourth-order valence-electron chi connectivity index (χ4n) is 1.80. The van der Waals surface area contributed by atoms with Crippen molar-refractivity contribution in [3.63, 3.8) is 0 Å². The summed E-state index contributed by atoms with van der Waals surface area (Å²) in [4.78, 5) is 24.3. The van der Waals surface area contributed by atoms with Crippen molar-refractivity contribution in [1.29, 1.82) is 0 Å². The third-order valence-corrected chi connectivity index (χ3v) is 2.88. The highest BCUT2D eigenvalue weighted by molar-refractivity contribution is 6.18. The SMILES string of the molecule is CC(C)(C)C(=O)[C@@]1(C(=O)Nc2ccccc2)CO1. The van der Waals surface area contributed by atoms with Crippen LogP contribution in [0.3, 0.4) is 0 Å². The molecule has 0 unspecified atom stereocenters. The molecule has 0 spiro atoms. The maximum Gasteiger partial charge on any atom is 0.266 e. The number of hydrogen-bond donors (Lipinski definition) is 1. The molecule has 2 rings (SSSR count). The number of carbonyl (C=O) groups excluding carboxylic acids is 2. The van der Waals surface area contributed by atoms with Crippen molar-refractivity contribution in [2.75, 3.05) is 11.9 Å². The number of amides is 1. The first-order chi connectivity index (χ1) is 8.36. The van der Waals surface area contributed by atoms with Crippen molar-refractivity contribution in [3.8, 4) is 0 Å². The number of benzene rings is 1. The highest BCUT2D eigenvalue weighted by atomic mass is 16.6. The molecule has 1 atom stereocenters. The Bertz CT molecular complexity index is 470. The van der Waals surface area contributed by atoms with Crippen molar-refractivity contribution in [3.05, 3.63) is 30.3 Å². The largest absolute Gasteiger partial charge is 0.352 e. The summed E-state index contributed by atoms with van der Waals surface area (Å²) in [5.41, 5.74) is -1.21. The van der Waals surface area contributed by atoms with E-state index in [0.717, 1.165) is 0 Å². The Kier molecular flexibility index (Phi) is 2.99. The van der Waals surface area contributed by atoms with Gasteiger partial charge in [0.15, 0.2) is 5.78 Å². The van der Waals surface area contributed by atoms with E-state index >= 15 is 0 Å². The van der Waals surface area contributed by atoms with E-state index in [4.69, 9.17) is 4.74 Å². The summed E-state index contributed by atoms with van der Waals surface area (Å²) < 4.78 is 5.16. The Balaban J connectivity index is 2.13. The van der Waals surface area contributed by atoms with Crippen LogP contribution in [0.15, 0.2) is 30.3 Å². The molecule has 4 nitrogen and oxygen atoms in total. The zero-order valence-corrected chi connectivity index (χ0v) is 10.8. The lowest BCUT2D eigenvalue weighted by Gasteiger charge is -2.21. The molecule has 0 radical (unpaired) electrons. The lowest BCUT2D eigenvalue weighted by Crippen LogP contribution is -2.44. The van der Waals surface area contributed by atoms with Crippen LogP contribution in [-0.4, -0.2) is 23.9 Å². The molecule has 1 aliphatic heterocycles. The summed E-state index contributed by atoms with van der Waals surface area (Å²) in [7, 11) is 0. The molecule has 1 aromatic rings. The van der Waals surface area contributed by atoms with Crippen molar-refractivity contribution < 1.29 is 14.3 Å². The maximum atomic E-state index is 12.2. The minimum atomic E-state index is -1.28. The van der Waals surface area contributed by atoms with Crippen LogP contribution in [0.25, 0.3) is 0 Å². The molecule has 1 saturated heterocycles. The lowest BCUT2D eigenvalue weighted by atomic mass is 9.82. The molecular formula is C14H17NO3. The smallest absolute Gasteiger partial charge is 0.266 e. The van der Waals surface area contributed by atoms with E-state index < -0.39 is 11.0 Å². The fraction of sp³-hybridized carbons (Fsp3) is 0.429. The van der Waals surface area contributed by atoms with Gasteiger partial charge in [0.05, 0.1) is 6.61 Å². The molecule has 0 saturated carbocycles.